The van der Waals surface area contributed by atoms with Crippen molar-refractivity contribution in [2.75, 3.05) is 0 Å². The number of allylic oxidation sites excluding steroid dienone is 2. The minimum Gasteiger partial charge on any atom is -0.478 e. The molecule has 3 aliphatic carbocycles. The number of carboxylic acid groups (broad SMARTS) is 1. The molecule has 0 heterocycles. The minimum atomic E-state index is -1.23. The second-order valence-electron chi connectivity index (χ2n) is 7.91. The number of fused-ring (bicyclic) bond motifs is 3. The van der Waals surface area contributed by atoms with E-state index in [1.165, 1.54) is 0 Å². The van der Waals surface area contributed by atoms with Crippen LogP contribution in [0.15, 0.2) is 12.1 Å². The Labute approximate surface area is 162 Å². The highest BCUT2D eigenvalue weighted by Crippen LogP contribution is 2.56. The van der Waals surface area contributed by atoms with E-state index in [2.05, 4.69) is 6.92 Å². The summed E-state index contributed by atoms with van der Waals surface area (Å²) in [5, 5.41) is 10.2. The minimum absolute atomic E-state index is 0.105. The van der Waals surface area contributed by atoms with Crippen molar-refractivity contribution in [2.45, 2.75) is 57.5 Å². The number of ether oxygens (including phenoxy) is 1. The highest BCUT2D eigenvalue weighted by molar-refractivity contribution is 6.44. The molecule has 4 nitrogen and oxygen atoms in total. The molecule has 4 rings (SSSR count). The van der Waals surface area contributed by atoms with Crippen LogP contribution in [0.5, 0.6) is 5.75 Å². The van der Waals surface area contributed by atoms with Crippen molar-refractivity contribution < 1.29 is 19.4 Å². The van der Waals surface area contributed by atoms with Gasteiger partial charge in [0.25, 0.3) is 0 Å². The molecule has 0 aromatic heterocycles. The number of carbonyl (C=O) groups excluding carboxylic acids is 1. The molecule has 1 aromatic rings. The number of ketones is 1. The predicted molar refractivity (Wildman–Crippen MR) is 100.0 cm³/mol. The van der Waals surface area contributed by atoms with Crippen molar-refractivity contribution in [3.63, 3.8) is 0 Å². The smallest absolute Gasteiger partial charge is 0.348 e. The van der Waals surface area contributed by atoms with Gasteiger partial charge in [0, 0.05) is 12.0 Å². The maximum atomic E-state index is 11.9. The van der Waals surface area contributed by atoms with E-state index >= 15 is 0 Å². The number of hydrogen-bond acceptors (Lipinski definition) is 3. The molecular formula is C20H20Cl2O4. The van der Waals surface area contributed by atoms with Crippen LogP contribution in [0.25, 0.3) is 5.57 Å². The zero-order chi connectivity index (χ0) is 18.7. The van der Waals surface area contributed by atoms with Gasteiger partial charge in [0.1, 0.15) is 10.8 Å². The molecule has 138 valence electrons. The molecule has 0 aliphatic heterocycles. The summed E-state index contributed by atoms with van der Waals surface area (Å²) in [6.45, 7) is 2.13. The van der Waals surface area contributed by atoms with Crippen LogP contribution in [0.4, 0.5) is 0 Å². The fourth-order valence-electron chi connectivity index (χ4n) is 4.59. The van der Waals surface area contributed by atoms with Crippen molar-refractivity contribution in [1.29, 1.82) is 0 Å². The molecule has 0 saturated heterocycles. The summed E-state index contributed by atoms with van der Waals surface area (Å²) in [5.74, 6) is -0.529. The lowest BCUT2D eigenvalue weighted by Gasteiger charge is -2.29. The van der Waals surface area contributed by atoms with E-state index < -0.39 is 11.6 Å². The van der Waals surface area contributed by atoms with E-state index in [-0.39, 0.29) is 16.2 Å². The summed E-state index contributed by atoms with van der Waals surface area (Å²) in [6, 6.07) is 1.82. The molecule has 0 radical (unpaired) electrons. The maximum Gasteiger partial charge on any atom is 0.348 e. The Bertz CT molecular complexity index is 852. The summed E-state index contributed by atoms with van der Waals surface area (Å²) in [6.07, 6.45) is 6.30. The highest BCUT2D eigenvalue weighted by Gasteiger charge is 2.46. The maximum absolute atomic E-state index is 11.9. The third-order valence-corrected chi connectivity index (χ3v) is 6.94. The zero-order valence-corrected chi connectivity index (χ0v) is 16.0. The van der Waals surface area contributed by atoms with Gasteiger partial charge in [-0.2, -0.15) is 0 Å². The Morgan fingerprint density at radius 2 is 1.88 bits per heavy atom. The van der Waals surface area contributed by atoms with Crippen molar-refractivity contribution >= 4 is 40.5 Å². The first-order valence-corrected chi connectivity index (χ1v) is 9.70. The van der Waals surface area contributed by atoms with Crippen LogP contribution in [0.1, 0.15) is 56.6 Å². The number of carbonyl (C=O) groups is 2. The largest absolute Gasteiger partial charge is 0.478 e. The molecular weight excluding hydrogens is 375 g/mol. The first kappa shape index (κ1) is 17.9. The van der Waals surface area contributed by atoms with Gasteiger partial charge in [-0.1, -0.05) is 30.1 Å². The van der Waals surface area contributed by atoms with Gasteiger partial charge in [0.2, 0.25) is 5.60 Å². The summed E-state index contributed by atoms with van der Waals surface area (Å²) < 4.78 is 5.97. The van der Waals surface area contributed by atoms with Gasteiger partial charge in [0.15, 0.2) is 5.78 Å². The summed E-state index contributed by atoms with van der Waals surface area (Å²) in [4.78, 5) is 23.7. The molecule has 0 spiro atoms. The van der Waals surface area contributed by atoms with Gasteiger partial charge in [-0.3, -0.25) is 4.79 Å². The molecule has 6 heteroatoms. The molecule has 0 amide bonds. The van der Waals surface area contributed by atoms with E-state index in [1.54, 1.807) is 6.08 Å². The Kier molecular flexibility index (Phi) is 4.12. The molecule has 1 N–H and O–H groups in total. The normalized spacial score (nSPS) is 26.3. The van der Waals surface area contributed by atoms with Gasteiger partial charge < -0.3 is 9.84 Å². The molecule has 3 aliphatic rings. The topological polar surface area (TPSA) is 63.6 Å². The van der Waals surface area contributed by atoms with Crippen LogP contribution in [-0.2, 0) is 16.0 Å². The fourth-order valence-corrected chi connectivity index (χ4v) is 5.10. The van der Waals surface area contributed by atoms with Gasteiger partial charge in [0.05, 0.1) is 5.02 Å². The first-order chi connectivity index (χ1) is 12.3. The lowest BCUT2D eigenvalue weighted by Crippen LogP contribution is -2.41. The SMILES string of the molecule is CC12CCC(=O)C=C1c1c(cc(OC3(C(=O)O)CCCC3)c(Cl)c1Cl)C2. The Hall–Kier alpha value is -1.52. The standard InChI is InChI=1S/C20H20Cl2O4/c1-19-7-4-12(23)9-13(19)15-11(10-19)8-14(16(21)17(15)22)26-20(18(24)25)5-2-3-6-20/h8-9H,2-7,10H2,1H3,(H,24,25). The molecule has 1 atom stereocenters. The monoisotopic (exact) mass is 394 g/mol. The number of aliphatic carboxylic acids is 1. The summed E-state index contributed by atoms with van der Waals surface area (Å²) >= 11 is 13.0. The number of hydrogen-bond donors (Lipinski definition) is 1. The van der Waals surface area contributed by atoms with Crippen LogP contribution >= 0.6 is 23.2 Å². The van der Waals surface area contributed by atoms with Crippen LogP contribution in [0.3, 0.4) is 0 Å². The quantitative estimate of drug-likeness (QED) is 0.776. The number of carboxylic acids is 1. The molecule has 0 bridgehead atoms. The lowest BCUT2D eigenvalue weighted by atomic mass is 9.74. The Balaban J connectivity index is 1.80. The lowest BCUT2D eigenvalue weighted by molar-refractivity contribution is -0.154. The third-order valence-electron chi connectivity index (χ3n) is 6.09. The van der Waals surface area contributed by atoms with Crippen LogP contribution in [-0.4, -0.2) is 22.5 Å². The van der Waals surface area contributed by atoms with Crippen molar-refractivity contribution in [3.05, 3.63) is 33.3 Å². The zero-order valence-electron chi connectivity index (χ0n) is 14.5. The van der Waals surface area contributed by atoms with E-state index in [4.69, 9.17) is 27.9 Å². The third kappa shape index (κ3) is 2.57. The van der Waals surface area contributed by atoms with Gasteiger partial charge in [-0.25, -0.2) is 4.79 Å². The second-order valence-corrected chi connectivity index (χ2v) is 8.66. The Morgan fingerprint density at radius 1 is 1.19 bits per heavy atom. The van der Waals surface area contributed by atoms with Crippen LogP contribution in [0, 0.1) is 5.41 Å². The van der Waals surface area contributed by atoms with Crippen molar-refractivity contribution in [2.24, 2.45) is 5.41 Å². The van der Waals surface area contributed by atoms with E-state index in [9.17, 15) is 14.7 Å². The Morgan fingerprint density at radius 3 is 2.54 bits per heavy atom. The van der Waals surface area contributed by atoms with E-state index in [0.29, 0.717) is 30.0 Å². The average Bonchev–Trinajstić information content (AvgIpc) is 3.16. The first-order valence-electron chi connectivity index (χ1n) is 8.94. The van der Waals surface area contributed by atoms with Crippen molar-refractivity contribution in [3.8, 4) is 5.75 Å². The number of benzene rings is 1. The van der Waals surface area contributed by atoms with Gasteiger partial charge in [-0.05, 0) is 67.2 Å². The number of halogens is 2. The highest BCUT2D eigenvalue weighted by atomic mass is 35.5. The average molecular weight is 395 g/mol. The van der Waals surface area contributed by atoms with Gasteiger partial charge in [-0.15, -0.1) is 0 Å². The molecule has 1 fully saturated rings. The van der Waals surface area contributed by atoms with Crippen LogP contribution in [0.2, 0.25) is 10.0 Å². The van der Waals surface area contributed by atoms with E-state index in [1.807, 2.05) is 6.07 Å². The van der Waals surface area contributed by atoms with Crippen LogP contribution < -0.4 is 4.74 Å². The molecule has 1 unspecified atom stereocenters. The number of rotatable bonds is 3. The van der Waals surface area contributed by atoms with Gasteiger partial charge >= 0.3 is 5.97 Å². The predicted octanol–water partition coefficient (Wildman–Crippen LogP) is 5.08. The fraction of sp³-hybridized carbons (Fsp3) is 0.500. The summed E-state index contributed by atoms with van der Waals surface area (Å²) in [7, 11) is 0. The second kappa shape index (κ2) is 6.00. The van der Waals surface area contributed by atoms with Crippen molar-refractivity contribution in [1.82, 2.24) is 0 Å². The molecule has 1 aromatic carbocycles. The summed E-state index contributed by atoms with van der Waals surface area (Å²) in [5.41, 5.74) is 1.36. The molecule has 26 heavy (non-hydrogen) atoms. The molecule has 1 saturated carbocycles. The van der Waals surface area contributed by atoms with E-state index in [0.717, 1.165) is 42.4 Å².